The molecule has 0 N–H and O–H groups in total. The summed E-state index contributed by atoms with van der Waals surface area (Å²) in [5.74, 6) is 0.445. The molecule has 1 aromatic carbocycles. The van der Waals surface area contributed by atoms with Gasteiger partial charge in [0.1, 0.15) is 0 Å². The van der Waals surface area contributed by atoms with Gasteiger partial charge in [-0.05, 0) is 46.8 Å². The van der Waals surface area contributed by atoms with Gasteiger partial charge in [0.15, 0.2) is 0 Å². The summed E-state index contributed by atoms with van der Waals surface area (Å²) in [6.07, 6.45) is 2.06. The van der Waals surface area contributed by atoms with Gasteiger partial charge in [0.25, 0.3) is 0 Å². The predicted octanol–water partition coefficient (Wildman–Crippen LogP) is 2.87. The topological polar surface area (TPSA) is 37.4 Å². The minimum atomic E-state index is -3.34. The van der Waals surface area contributed by atoms with Crippen molar-refractivity contribution in [3.63, 3.8) is 0 Å². The van der Waals surface area contributed by atoms with Gasteiger partial charge in [-0.25, -0.2) is 8.42 Å². The van der Waals surface area contributed by atoms with Crippen molar-refractivity contribution >= 4 is 26.0 Å². The van der Waals surface area contributed by atoms with Crippen LogP contribution in [0.5, 0.6) is 0 Å². The number of benzene rings is 1. The first-order valence-corrected chi connectivity index (χ1v) is 8.00. The van der Waals surface area contributed by atoms with Crippen molar-refractivity contribution in [3.05, 3.63) is 28.7 Å². The average molecular weight is 318 g/mol. The monoisotopic (exact) mass is 317 g/mol. The second-order valence-corrected chi connectivity index (χ2v) is 7.30. The fraction of sp³-hybridized carbons (Fsp3) is 0.500. The molecule has 2 rings (SSSR count). The normalized spacial score (nSPS) is 22.6. The van der Waals surface area contributed by atoms with E-state index in [1.54, 1.807) is 22.5 Å². The fourth-order valence-corrected chi connectivity index (χ4v) is 4.72. The van der Waals surface area contributed by atoms with Crippen LogP contribution in [0.25, 0.3) is 0 Å². The molecule has 1 aromatic rings. The van der Waals surface area contributed by atoms with E-state index in [2.05, 4.69) is 22.9 Å². The van der Waals surface area contributed by atoms with Gasteiger partial charge >= 0.3 is 0 Å². The van der Waals surface area contributed by atoms with Crippen LogP contribution in [0.2, 0.25) is 0 Å². The molecule has 1 heterocycles. The molecule has 0 aromatic heterocycles. The number of hydrogen-bond donors (Lipinski definition) is 0. The first-order valence-electron chi connectivity index (χ1n) is 5.76. The fourth-order valence-electron chi connectivity index (χ4n) is 2.16. The molecule has 5 heteroatoms. The molecule has 0 saturated carbocycles. The first kappa shape index (κ1) is 13.1. The van der Waals surface area contributed by atoms with Gasteiger partial charge in [-0.15, -0.1) is 0 Å². The summed E-state index contributed by atoms with van der Waals surface area (Å²) < 4.78 is 27.1. The lowest BCUT2D eigenvalue weighted by molar-refractivity contribution is 0.281. The minimum Gasteiger partial charge on any atom is -0.207 e. The Morgan fingerprint density at radius 1 is 1.35 bits per heavy atom. The molecule has 1 aliphatic rings. The number of hydrogen-bond acceptors (Lipinski definition) is 2. The van der Waals surface area contributed by atoms with E-state index in [1.807, 2.05) is 6.07 Å². The molecule has 0 bridgehead atoms. The van der Waals surface area contributed by atoms with Crippen LogP contribution < -0.4 is 0 Å². The molecule has 17 heavy (non-hydrogen) atoms. The Morgan fingerprint density at radius 2 is 2.06 bits per heavy atom. The molecule has 3 nitrogen and oxygen atoms in total. The van der Waals surface area contributed by atoms with Crippen LogP contribution in [-0.4, -0.2) is 25.8 Å². The highest BCUT2D eigenvalue weighted by Crippen LogP contribution is 2.27. The molecule has 1 fully saturated rings. The van der Waals surface area contributed by atoms with Gasteiger partial charge in [-0.3, -0.25) is 0 Å². The van der Waals surface area contributed by atoms with Crippen molar-refractivity contribution in [2.24, 2.45) is 5.92 Å². The molecule has 1 unspecified atom stereocenters. The van der Waals surface area contributed by atoms with E-state index in [4.69, 9.17) is 0 Å². The smallest absolute Gasteiger partial charge is 0.207 e. The highest BCUT2D eigenvalue weighted by Gasteiger charge is 2.29. The van der Waals surface area contributed by atoms with Gasteiger partial charge in [0, 0.05) is 17.6 Å². The van der Waals surface area contributed by atoms with E-state index in [9.17, 15) is 8.42 Å². The summed E-state index contributed by atoms with van der Waals surface area (Å²) in [7, 11) is -3.34. The summed E-state index contributed by atoms with van der Waals surface area (Å²) in [6, 6.07) is 6.99. The first-order chi connectivity index (χ1) is 8.01. The van der Waals surface area contributed by atoms with Gasteiger partial charge in [-0.1, -0.05) is 19.1 Å². The summed E-state index contributed by atoms with van der Waals surface area (Å²) >= 11 is 3.31. The lowest BCUT2D eigenvalue weighted by Gasteiger charge is -2.30. The molecule has 94 valence electrons. The van der Waals surface area contributed by atoms with E-state index >= 15 is 0 Å². The zero-order valence-electron chi connectivity index (χ0n) is 9.77. The van der Waals surface area contributed by atoms with Crippen LogP contribution in [0.15, 0.2) is 33.6 Å². The zero-order valence-corrected chi connectivity index (χ0v) is 12.2. The molecule has 0 aliphatic carbocycles. The number of rotatable bonds is 2. The summed E-state index contributed by atoms with van der Waals surface area (Å²) in [6.45, 7) is 3.36. The quantitative estimate of drug-likeness (QED) is 0.841. The third-order valence-electron chi connectivity index (χ3n) is 3.07. The Balaban J connectivity index is 2.33. The van der Waals surface area contributed by atoms with Crippen molar-refractivity contribution < 1.29 is 8.42 Å². The maximum Gasteiger partial charge on any atom is 0.244 e. The van der Waals surface area contributed by atoms with E-state index in [0.29, 0.717) is 28.4 Å². The Morgan fingerprint density at radius 3 is 2.71 bits per heavy atom. The highest BCUT2D eigenvalue weighted by molar-refractivity contribution is 9.10. The van der Waals surface area contributed by atoms with Crippen molar-refractivity contribution in [1.82, 2.24) is 4.31 Å². The molecule has 0 amide bonds. The van der Waals surface area contributed by atoms with Crippen molar-refractivity contribution in [2.45, 2.75) is 24.7 Å². The van der Waals surface area contributed by atoms with Crippen molar-refractivity contribution in [2.75, 3.05) is 13.1 Å². The van der Waals surface area contributed by atoms with E-state index in [1.165, 1.54) is 0 Å². The van der Waals surface area contributed by atoms with Gasteiger partial charge < -0.3 is 0 Å². The Labute approximate surface area is 111 Å². The van der Waals surface area contributed by atoms with Gasteiger partial charge in [0.2, 0.25) is 10.0 Å². The van der Waals surface area contributed by atoms with Crippen LogP contribution in [-0.2, 0) is 10.0 Å². The molecule has 1 atom stereocenters. The standard InChI is InChI=1S/C12H16BrNO2S/c1-10-5-4-8-14(9-10)17(15,16)12-7-3-2-6-11(12)13/h2-3,6-7,10H,4-5,8-9H2,1H3. The maximum atomic E-state index is 12.4. The van der Waals surface area contributed by atoms with Crippen molar-refractivity contribution in [1.29, 1.82) is 0 Å². The summed E-state index contributed by atoms with van der Waals surface area (Å²) in [4.78, 5) is 0.370. The number of nitrogens with zero attached hydrogens (tertiary/aromatic N) is 1. The largest absolute Gasteiger partial charge is 0.244 e. The van der Waals surface area contributed by atoms with Crippen LogP contribution in [0, 0.1) is 5.92 Å². The number of sulfonamides is 1. The van der Waals surface area contributed by atoms with E-state index in [0.717, 1.165) is 12.8 Å². The predicted molar refractivity (Wildman–Crippen MR) is 71.3 cm³/mol. The molecule has 1 saturated heterocycles. The second kappa shape index (κ2) is 5.08. The highest BCUT2D eigenvalue weighted by atomic mass is 79.9. The third kappa shape index (κ3) is 2.72. The van der Waals surface area contributed by atoms with Crippen LogP contribution in [0.1, 0.15) is 19.8 Å². The molecule has 0 radical (unpaired) electrons. The third-order valence-corrected chi connectivity index (χ3v) is 5.95. The van der Waals surface area contributed by atoms with Gasteiger partial charge in [-0.2, -0.15) is 4.31 Å². The molecule has 0 spiro atoms. The Kier molecular flexibility index (Phi) is 3.90. The lowest BCUT2D eigenvalue weighted by Crippen LogP contribution is -2.39. The summed E-state index contributed by atoms with van der Waals surface area (Å²) in [5.41, 5.74) is 0. The average Bonchev–Trinajstić information content (AvgIpc) is 2.29. The number of piperidine rings is 1. The SMILES string of the molecule is CC1CCCN(S(=O)(=O)c2ccccc2Br)C1. The minimum absolute atomic E-state index is 0.370. The molecule has 1 aliphatic heterocycles. The van der Waals surface area contributed by atoms with Crippen LogP contribution in [0.4, 0.5) is 0 Å². The van der Waals surface area contributed by atoms with E-state index < -0.39 is 10.0 Å². The van der Waals surface area contributed by atoms with E-state index in [-0.39, 0.29) is 0 Å². The van der Waals surface area contributed by atoms with Crippen LogP contribution >= 0.6 is 15.9 Å². The maximum absolute atomic E-state index is 12.4. The van der Waals surface area contributed by atoms with Crippen molar-refractivity contribution in [3.8, 4) is 0 Å². The van der Waals surface area contributed by atoms with Crippen LogP contribution in [0.3, 0.4) is 0 Å². The molecular weight excluding hydrogens is 302 g/mol. The summed E-state index contributed by atoms with van der Waals surface area (Å²) in [5, 5.41) is 0. The lowest BCUT2D eigenvalue weighted by atomic mass is 10.0. The second-order valence-electron chi connectivity index (χ2n) is 4.54. The molecular formula is C12H16BrNO2S. The Hall–Kier alpha value is -0.390. The zero-order chi connectivity index (χ0) is 12.5. The van der Waals surface area contributed by atoms with Gasteiger partial charge in [0.05, 0.1) is 4.90 Å². The Bertz CT molecular complexity index is 501. The number of halogens is 1.